The van der Waals surface area contributed by atoms with Crippen molar-refractivity contribution in [1.29, 1.82) is 0 Å². The fourth-order valence-corrected chi connectivity index (χ4v) is 2.06. The van der Waals surface area contributed by atoms with E-state index in [0.717, 1.165) is 18.7 Å². The Kier molecular flexibility index (Phi) is 3.09. The van der Waals surface area contributed by atoms with Crippen molar-refractivity contribution in [2.24, 2.45) is 0 Å². The number of carbonyl (C=O) groups excluding carboxylic acids is 1. The van der Waals surface area contributed by atoms with Gasteiger partial charge >= 0.3 is 0 Å². The van der Waals surface area contributed by atoms with Crippen LogP contribution >= 0.6 is 12.2 Å². The Morgan fingerprint density at radius 2 is 2.44 bits per heavy atom. The summed E-state index contributed by atoms with van der Waals surface area (Å²) in [4.78, 5) is 11.8. The number of rotatable bonds is 4. The fourth-order valence-electron chi connectivity index (χ4n) is 1.76. The van der Waals surface area contributed by atoms with Gasteiger partial charge in [0, 0.05) is 12.5 Å². The Bertz CT molecular complexity index is 446. The monoisotopic (exact) mass is 240 g/mol. The second kappa shape index (κ2) is 4.37. The molecular weight excluding hydrogens is 224 g/mol. The largest absolute Gasteiger partial charge is 0.355 e. The maximum Gasteiger partial charge on any atom is 0.242 e. The molecule has 1 aromatic heterocycles. The number of aromatic nitrogens is 3. The van der Waals surface area contributed by atoms with Crippen LogP contribution in [-0.4, -0.2) is 27.2 Å². The molecule has 1 aromatic rings. The van der Waals surface area contributed by atoms with Crippen molar-refractivity contribution in [1.82, 2.24) is 20.1 Å². The number of likely N-dealkylation sites (N-methyl/N-ethyl adjacent to an activating group) is 1. The Balaban J connectivity index is 2.27. The molecule has 5 nitrogen and oxygen atoms in total. The van der Waals surface area contributed by atoms with Gasteiger partial charge in [-0.1, -0.05) is 0 Å². The summed E-state index contributed by atoms with van der Waals surface area (Å²) in [5.41, 5.74) is 0. The molecule has 1 aliphatic rings. The topological polar surface area (TPSA) is 62.7 Å². The van der Waals surface area contributed by atoms with Gasteiger partial charge in [0.1, 0.15) is 11.9 Å². The first kappa shape index (κ1) is 11.3. The first-order valence-corrected chi connectivity index (χ1v) is 6.00. The number of nitrogens with one attached hydrogen (secondary N) is 2. The van der Waals surface area contributed by atoms with E-state index < -0.39 is 0 Å². The van der Waals surface area contributed by atoms with Crippen molar-refractivity contribution in [2.45, 2.75) is 38.6 Å². The summed E-state index contributed by atoms with van der Waals surface area (Å²) in [6.45, 7) is 4.39. The van der Waals surface area contributed by atoms with E-state index >= 15 is 0 Å². The molecule has 0 radical (unpaired) electrons. The zero-order chi connectivity index (χ0) is 11.7. The number of H-pyrrole nitrogens is 1. The van der Waals surface area contributed by atoms with Gasteiger partial charge in [0.2, 0.25) is 5.91 Å². The van der Waals surface area contributed by atoms with Crippen LogP contribution < -0.4 is 5.32 Å². The van der Waals surface area contributed by atoms with Gasteiger partial charge in [-0.25, -0.2) is 0 Å². The van der Waals surface area contributed by atoms with Gasteiger partial charge in [-0.15, -0.1) is 0 Å². The fraction of sp³-hybridized carbons (Fsp3) is 0.700. The molecule has 0 aromatic carbocycles. The van der Waals surface area contributed by atoms with E-state index in [4.69, 9.17) is 12.2 Å². The van der Waals surface area contributed by atoms with E-state index in [1.165, 1.54) is 0 Å². The molecular formula is C10H16N4OS. The molecule has 1 atom stereocenters. The number of hydrogen-bond donors (Lipinski definition) is 2. The lowest BCUT2D eigenvalue weighted by Crippen LogP contribution is -2.31. The minimum Gasteiger partial charge on any atom is -0.355 e. The van der Waals surface area contributed by atoms with Crippen LogP contribution in [0.1, 0.15) is 44.5 Å². The van der Waals surface area contributed by atoms with E-state index in [-0.39, 0.29) is 11.9 Å². The SMILES string of the molecule is CCNC(=O)C(C)n1c(C2CC2)n[nH]c1=S. The summed E-state index contributed by atoms with van der Waals surface area (Å²) in [6, 6.07) is -0.290. The van der Waals surface area contributed by atoms with Crippen molar-refractivity contribution in [3.05, 3.63) is 10.6 Å². The van der Waals surface area contributed by atoms with Crippen LogP contribution in [0.25, 0.3) is 0 Å². The molecule has 1 unspecified atom stereocenters. The highest BCUT2D eigenvalue weighted by atomic mass is 32.1. The zero-order valence-electron chi connectivity index (χ0n) is 9.49. The molecule has 1 fully saturated rings. The van der Waals surface area contributed by atoms with Crippen LogP contribution in [0.3, 0.4) is 0 Å². The van der Waals surface area contributed by atoms with Crippen molar-refractivity contribution in [3.8, 4) is 0 Å². The highest BCUT2D eigenvalue weighted by molar-refractivity contribution is 7.71. The van der Waals surface area contributed by atoms with Crippen LogP contribution in [0.4, 0.5) is 0 Å². The van der Waals surface area contributed by atoms with Crippen LogP contribution in [0, 0.1) is 4.77 Å². The van der Waals surface area contributed by atoms with Gasteiger partial charge in [0.15, 0.2) is 4.77 Å². The Morgan fingerprint density at radius 1 is 1.75 bits per heavy atom. The highest BCUT2D eigenvalue weighted by Crippen LogP contribution is 2.39. The van der Waals surface area contributed by atoms with E-state index in [1.54, 1.807) is 0 Å². The molecule has 0 saturated heterocycles. The minimum atomic E-state index is -0.290. The third-order valence-electron chi connectivity index (χ3n) is 2.79. The maximum absolute atomic E-state index is 11.8. The second-order valence-electron chi connectivity index (χ2n) is 4.10. The average molecular weight is 240 g/mol. The lowest BCUT2D eigenvalue weighted by atomic mass is 10.3. The molecule has 0 bridgehead atoms. The molecule has 6 heteroatoms. The van der Waals surface area contributed by atoms with Gasteiger partial charge in [0.25, 0.3) is 0 Å². The summed E-state index contributed by atoms with van der Waals surface area (Å²) in [5, 5.41) is 9.78. The average Bonchev–Trinajstić information content (AvgIpc) is 3.02. The number of aromatic amines is 1. The molecule has 1 amide bonds. The van der Waals surface area contributed by atoms with Crippen LogP contribution in [0.5, 0.6) is 0 Å². The second-order valence-corrected chi connectivity index (χ2v) is 4.49. The van der Waals surface area contributed by atoms with Crippen LogP contribution in [0.15, 0.2) is 0 Å². The third-order valence-corrected chi connectivity index (χ3v) is 3.08. The zero-order valence-corrected chi connectivity index (χ0v) is 10.3. The summed E-state index contributed by atoms with van der Waals surface area (Å²) >= 11 is 5.16. The Morgan fingerprint density at radius 3 is 3.00 bits per heavy atom. The van der Waals surface area contributed by atoms with Crippen LogP contribution in [0.2, 0.25) is 0 Å². The lowest BCUT2D eigenvalue weighted by molar-refractivity contribution is -0.123. The van der Waals surface area contributed by atoms with Crippen molar-refractivity contribution in [2.75, 3.05) is 6.54 Å². The van der Waals surface area contributed by atoms with E-state index in [0.29, 0.717) is 17.2 Å². The first-order chi connectivity index (χ1) is 7.65. The molecule has 1 saturated carbocycles. The summed E-state index contributed by atoms with van der Waals surface area (Å²) in [5.74, 6) is 1.38. The van der Waals surface area contributed by atoms with Gasteiger partial charge in [-0.2, -0.15) is 5.10 Å². The molecule has 0 spiro atoms. The third kappa shape index (κ3) is 2.02. The van der Waals surface area contributed by atoms with Gasteiger partial charge in [-0.05, 0) is 38.9 Å². The smallest absolute Gasteiger partial charge is 0.242 e. The number of carbonyl (C=O) groups is 1. The number of amides is 1. The molecule has 2 N–H and O–H groups in total. The highest BCUT2D eigenvalue weighted by Gasteiger charge is 2.31. The van der Waals surface area contributed by atoms with E-state index in [9.17, 15) is 4.79 Å². The predicted octanol–water partition coefficient (Wildman–Crippen LogP) is 1.52. The molecule has 1 heterocycles. The molecule has 1 aliphatic carbocycles. The van der Waals surface area contributed by atoms with Gasteiger partial charge < -0.3 is 5.32 Å². The Hall–Kier alpha value is -1.17. The normalized spacial score (nSPS) is 17.1. The molecule has 2 rings (SSSR count). The lowest BCUT2D eigenvalue weighted by Gasteiger charge is -2.14. The maximum atomic E-state index is 11.8. The van der Waals surface area contributed by atoms with E-state index in [2.05, 4.69) is 15.5 Å². The summed E-state index contributed by atoms with van der Waals surface area (Å²) in [6.07, 6.45) is 2.28. The number of nitrogens with zero attached hydrogens (tertiary/aromatic N) is 2. The van der Waals surface area contributed by atoms with Crippen molar-refractivity contribution < 1.29 is 4.79 Å². The van der Waals surface area contributed by atoms with Crippen LogP contribution in [-0.2, 0) is 4.79 Å². The van der Waals surface area contributed by atoms with Crippen molar-refractivity contribution >= 4 is 18.1 Å². The minimum absolute atomic E-state index is 0.0121. The molecule has 0 aliphatic heterocycles. The van der Waals surface area contributed by atoms with E-state index in [1.807, 2.05) is 18.4 Å². The molecule has 88 valence electrons. The Labute approximate surface area is 99.2 Å². The van der Waals surface area contributed by atoms with Gasteiger partial charge in [-0.3, -0.25) is 14.5 Å². The summed E-state index contributed by atoms with van der Waals surface area (Å²) in [7, 11) is 0. The summed E-state index contributed by atoms with van der Waals surface area (Å²) < 4.78 is 2.36. The molecule has 16 heavy (non-hydrogen) atoms. The predicted molar refractivity (Wildman–Crippen MR) is 62.8 cm³/mol. The number of hydrogen-bond acceptors (Lipinski definition) is 3. The quantitative estimate of drug-likeness (QED) is 0.784. The first-order valence-electron chi connectivity index (χ1n) is 5.59. The van der Waals surface area contributed by atoms with Crippen molar-refractivity contribution in [3.63, 3.8) is 0 Å². The van der Waals surface area contributed by atoms with Gasteiger partial charge in [0.05, 0.1) is 0 Å². The standard InChI is InChI=1S/C10H16N4OS/c1-3-11-9(15)6(2)14-8(7-4-5-7)12-13-10(14)16/h6-7H,3-5H2,1-2H3,(H,11,15)(H,13,16).